The molecule has 0 atom stereocenters. The Morgan fingerprint density at radius 1 is 0.593 bits per heavy atom. The van der Waals surface area contributed by atoms with Gasteiger partial charge in [-0.3, -0.25) is 0 Å². The van der Waals surface area contributed by atoms with Crippen LogP contribution in [0.2, 0.25) is 0 Å². The number of hydrogen-bond acceptors (Lipinski definition) is 1. The van der Waals surface area contributed by atoms with Crippen LogP contribution in [0, 0.1) is 0 Å². The van der Waals surface area contributed by atoms with E-state index < -0.39 is 0 Å². The second kappa shape index (κ2) is 10.8. The molecule has 1 N–H and O–H groups in total. The highest BCUT2D eigenvalue weighted by Crippen LogP contribution is 2.28. The molecule has 3 aromatic carbocycles. The molecule has 1 heteroatoms. The number of aryl methyl sites for hydroxylation is 1. The minimum absolute atomic E-state index is 1.16. The van der Waals surface area contributed by atoms with Crippen molar-refractivity contribution >= 4 is 22.1 Å². The van der Waals surface area contributed by atoms with Crippen molar-refractivity contribution in [1.82, 2.24) is 0 Å². The van der Waals surface area contributed by atoms with E-state index in [1.165, 1.54) is 79.1 Å². The van der Waals surface area contributed by atoms with Crippen molar-refractivity contribution in [3.8, 4) is 0 Å². The van der Waals surface area contributed by atoms with E-state index in [1.807, 2.05) is 0 Å². The molecule has 142 valence electrons. The van der Waals surface area contributed by atoms with E-state index in [2.05, 4.69) is 79.0 Å². The van der Waals surface area contributed by atoms with Crippen molar-refractivity contribution in [2.24, 2.45) is 0 Å². The van der Waals surface area contributed by atoms with Crippen LogP contribution >= 0.6 is 0 Å². The molecular formula is C26H33N. The molecule has 3 aromatic rings. The zero-order valence-electron chi connectivity index (χ0n) is 16.7. The summed E-state index contributed by atoms with van der Waals surface area (Å²) in [4.78, 5) is 0. The Morgan fingerprint density at radius 2 is 1.22 bits per heavy atom. The summed E-state index contributed by atoms with van der Waals surface area (Å²) in [5.41, 5.74) is 3.87. The number of benzene rings is 3. The van der Waals surface area contributed by atoms with Crippen molar-refractivity contribution in [3.05, 3.63) is 72.3 Å². The summed E-state index contributed by atoms with van der Waals surface area (Å²) in [5.74, 6) is 0. The highest BCUT2D eigenvalue weighted by molar-refractivity contribution is 5.95. The SMILES string of the molecule is CCCCCCCCCCc1ccccc1Nc1cccc2ccccc12. The van der Waals surface area contributed by atoms with Gasteiger partial charge >= 0.3 is 0 Å². The van der Waals surface area contributed by atoms with E-state index in [9.17, 15) is 0 Å². The van der Waals surface area contributed by atoms with E-state index >= 15 is 0 Å². The van der Waals surface area contributed by atoms with Crippen LogP contribution in [0.3, 0.4) is 0 Å². The molecule has 0 fully saturated rings. The van der Waals surface area contributed by atoms with Crippen LogP contribution in [0.1, 0.15) is 63.9 Å². The van der Waals surface area contributed by atoms with E-state index in [1.54, 1.807) is 0 Å². The Kier molecular flexibility index (Phi) is 7.77. The van der Waals surface area contributed by atoms with Gasteiger partial charge in [-0.05, 0) is 35.9 Å². The van der Waals surface area contributed by atoms with Gasteiger partial charge in [-0.2, -0.15) is 0 Å². The molecular weight excluding hydrogens is 326 g/mol. The number of para-hydroxylation sites is 1. The summed E-state index contributed by atoms with van der Waals surface area (Å²) in [6, 6.07) is 23.8. The molecule has 0 spiro atoms. The lowest BCUT2D eigenvalue weighted by molar-refractivity contribution is 0.575. The Bertz CT molecular complexity index is 816. The predicted molar refractivity (Wildman–Crippen MR) is 120 cm³/mol. The third-order valence-corrected chi connectivity index (χ3v) is 5.38. The quantitative estimate of drug-likeness (QED) is 0.340. The van der Waals surface area contributed by atoms with E-state index in [-0.39, 0.29) is 0 Å². The normalized spacial score (nSPS) is 11.0. The summed E-state index contributed by atoms with van der Waals surface area (Å²) >= 11 is 0. The fourth-order valence-corrected chi connectivity index (χ4v) is 3.79. The topological polar surface area (TPSA) is 12.0 Å². The van der Waals surface area contributed by atoms with Gasteiger partial charge in [0.25, 0.3) is 0 Å². The van der Waals surface area contributed by atoms with Crippen LogP contribution in [-0.4, -0.2) is 0 Å². The van der Waals surface area contributed by atoms with Crippen molar-refractivity contribution < 1.29 is 0 Å². The van der Waals surface area contributed by atoms with Gasteiger partial charge in [-0.15, -0.1) is 0 Å². The molecule has 1 nitrogen and oxygen atoms in total. The van der Waals surface area contributed by atoms with Gasteiger partial charge in [0.05, 0.1) is 0 Å². The van der Waals surface area contributed by atoms with Gasteiger partial charge in [-0.1, -0.05) is 106 Å². The summed E-state index contributed by atoms with van der Waals surface area (Å²) in [6.07, 6.45) is 12.1. The van der Waals surface area contributed by atoms with E-state index in [4.69, 9.17) is 0 Å². The van der Waals surface area contributed by atoms with Crippen LogP contribution < -0.4 is 5.32 Å². The molecule has 0 amide bonds. The molecule has 0 radical (unpaired) electrons. The largest absolute Gasteiger partial charge is 0.355 e. The summed E-state index contributed by atoms with van der Waals surface area (Å²) in [7, 11) is 0. The first kappa shape index (κ1) is 19.5. The molecule has 0 saturated carbocycles. The maximum atomic E-state index is 3.69. The van der Waals surface area contributed by atoms with Gasteiger partial charge < -0.3 is 5.32 Å². The van der Waals surface area contributed by atoms with Crippen molar-refractivity contribution in [2.45, 2.75) is 64.7 Å². The first-order valence-corrected chi connectivity index (χ1v) is 10.7. The molecule has 0 aliphatic carbocycles. The maximum absolute atomic E-state index is 3.69. The average molecular weight is 360 g/mol. The number of nitrogens with one attached hydrogen (secondary N) is 1. The average Bonchev–Trinajstić information content (AvgIpc) is 2.71. The number of fused-ring (bicyclic) bond motifs is 1. The fraction of sp³-hybridized carbons (Fsp3) is 0.385. The first-order valence-electron chi connectivity index (χ1n) is 10.7. The van der Waals surface area contributed by atoms with Gasteiger partial charge in [0.2, 0.25) is 0 Å². The first-order chi connectivity index (χ1) is 13.4. The number of anilines is 2. The summed E-state index contributed by atoms with van der Waals surface area (Å²) in [6.45, 7) is 2.28. The van der Waals surface area contributed by atoms with Crippen molar-refractivity contribution in [3.63, 3.8) is 0 Å². The molecule has 0 unspecified atom stereocenters. The molecule has 27 heavy (non-hydrogen) atoms. The number of unbranched alkanes of at least 4 members (excludes halogenated alkanes) is 7. The zero-order chi connectivity index (χ0) is 18.7. The van der Waals surface area contributed by atoms with Crippen LogP contribution in [0.4, 0.5) is 11.4 Å². The summed E-state index contributed by atoms with van der Waals surface area (Å²) in [5, 5.41) is 6.25. The minimum Gasteiger partial charge on any atom is -0.355 e. The smallest absolute Gasteiger partial charge is 0.0463 e. The van der Waals surface area contributed by atoms with Crippen molar-refractivity contribution in [2.75, 3.05) is 5.32 Å². The number of rotatable bonds is 11. The van der Waals surface area contributed by atoms with E-state index in [0.717, 1.165) is 6.42 Å². The molecule has 0 aliphatic rings. The third-order valence-electron chi connectivity index (χ3n) is 5.38. The van der Waals surface area contributed by atoms with Crippen LogP contribution in [0.25, 0.3) is 10.8 Å². The van der Waals surface area contributed by atoms with Gasteiger partial charge in [0, 0.05) is 16.8 Å². The Morgan fingerprint density at radius 3 is 2.07 bits per heavy atom. The molecule has 0 aromatic heterocycles. The molecule has 0 saturated heterocycles. The lowest BCUT2D eigenvalue weighted by atomic mass is 10.0. The zero-order valence-corrected chi connectivity index (χ0v) is 16.7. The van der Waals surface area contributed by atoms with Crippen molar-refractivity contribution in [1.29, 1.82) is 0 Å². The predicted octanol–water partition coefficient (Wildman–Crippen LogP) is 8.27. The van der Waals surface area contributed by atoms with Gasteiger partial charge in [0.15, 0.2) is 0 Å². The highest BCUT2D eigenvalue weighted by Gasteiger charge is 2.05. The highest BCUT2D eigenvalue weighted by atomic mass is 14.9. The Balaban J connectivity index is 1.56. The second-order valence-electron chi connectivity index (χ2n) is 7.53. The molecule has 0 heterocycles. The fourth-order valence-electron chi connectivity index (χ4n) is 3.79. The molecule has 0 bridgehead atoms. The van der Waals surface area contributed by atoms with E-state index in [0.29, 0.717) is 0 Å². The standard InChI is InChI=1S/C26H33N/c1-2-3-4-5-6-7-8-9-16-23-17-11-13-20-25(23)27-26-21-14-18-22-15-10-12-19-24(22)26/h10-15,17-21,27H,2-9,16H2,1H3. The molecule has 3 rings (SSSR count). The summed E-state index contributed by atoms with van der Waals surface area (Å²) < 4.78 is 0. The van der Waals surface area contributed by atoms with Crippen LogP contribution in [-0.2, 0) is 6.42 Å². The third kappa shape index (κ3) is 5.85. The van der Waals surface area contributed by atoms with Crippen LogP contribution in [0.5, 0.6) is 0 Å². The molecule has 0 aliphatic heterocycles. The minimum atomic E-state index is 1.16. The number of hydrogen-bond donors (Lipinski definition) is 1. The monoisotopic (exact) mass is 359 g/mol. The second-order valence-corrected chi connectivity index (χ2v) is 7.53. The van der Waals surface area contributed by atoms with Crippen LogP contribution in [0.15, 0.2) is 66.7 Å². The Hall–Kier alpha value is -2.28. The Labute approximate surface area is 164 Å². The lowest BCUT2D eigenvalue weighted by Gasteiger charge is -2.14. The lowest BCUT2D eigenvalue weighted by Crippen LogP contribution is -1.97. The maximum Gasteiger partial charge on any atom is 0.0463 e. The van der Waals surface area contributed by atoms with Gasteiger partial charge in [-0.25, -0.2) is 0 Å². The van der Waals surface area contributed by atoms with Gasteiger partial charge in [0.1, 0.15) is 0 Å².